The van der Waals surface area contributed by atoms with Crippen LogP contribution in [0.5, 0.6) is 0 Å². The fourth-order valence-corrected chi connectivity index (χ4v) is 6.52. The summed E-state index contributed by atoms with van der Waals surface area (Å²) < 4.78 is 50.2. The van der Waals surface area contributed by atoms with Gasteiger partial charge in [-0.3, -0.25) is 0 Å². The fraction of sp³-hybridized carbons (Fsp3) is 1.00. The summed E-state index contributed by atoms with van der Waals surface area (Å²) in [6.45, 7) is 3.77. The summed E-state index contributed by atoms with van der Waals surface area (Å²) in [4.78, 5) is 0. The van der Waals surface area contributed by atoms with E-state index in [1.165, 1.54) is 0 Å². The van der Waals surface area contributed by atoms with E-state index in [9.17, 15) is 16.8 Å². The molecule has 0 saturated carbocycles. The molecule has 2 aliphatic rings. The third kappa shape index (κ3) is 4.16. The molecular formula is C12H24N2O4S2. The predicted molar refractivity (Wildman–Crippen MR) is 78.8 cm³/mol. The quantitative estimate of drug-likeness (QED) is 0.751. The van der Waals surface area contributed by atoms with Gasteiger partial charge in [0, 0.05) is 6.04 Å². The molecule has 2 rings (SSSR count). The summed E-state index contributed by atoms with van der Waals surface area (Å²) in [5.41, 5.74) is 0. The summed E-state index contributed by atoms with van der Waals surface area (Å²) in [6.07, 6.45) is 2.39. The summed E-state index contributed by atoms with van der Waals surface area (Å²) >= 11 is 0. The SMILES string of the molecule is CC(NS(=O)(=O)C1CCS(=O)(=O)CC1)C1CCNCC1. The van der Waals surface area contributed by atoms with Gasteiger partial charge in [0.15, 0.2) is 0 Å². The van der Waals surface area contributed by atoms with Gasteiger partial charge in [-0.2, -0.15) is 0 Å². The van der Waals surface area contributed by atoms with Crippen molar-refractivity contribution in [2.24, 2.45) is 5.92 Å². The number of hydrogen-bond acceptors (Lipinski definition) is 5. The number of nitrogens with one attached hydrogen (secondary N) is 2. The van der Waals surface area contributed by atoms with Crippen molar-refractivity contribution in [3.8, 4) is 0 Å². The van der Waals surface area contributed by atoms with Gasteiger partial charge in [-0.15, -0.1) is 0 Å². The lowest BCUT2D eigenvalue weighted by molar-refractivity contribution is 0.315. The van der Waals surface area contributed by atoms with E-state index in [2.05, 4.69) is 10.0 Å². The lowest BCUT2D eigenvalue weighted by atomic mass is 9.92. The van der Waals surface area contributed by atoms with Gasteiger partial charge >= 0.3 is 0 Å². The van der Waals surface area contributed by atoms with Gasteiger partial charge in [-0.1, -0.05) is 0 Å². The van der Waals surface area contributed by atoms with Gasteiger partial charge in [0.1, 0.15) is 9.84 Å². The molecule has 0 aromatic carbocycles. The molecule has 0 bridgehead atoms. The van der Waals surface area contributed by atoms with Crippen molar-refractivity contribution in [1.29, 1.82) is 0 Å². The Hall–Kier alpha value is -0.180. The standard InChI is InChI=1S/C12H24N2O4S2/c1-10(11-2-6-13-7-3-11)14-20(17,18)12-4-8-19(15,16)9-5-12/h10-14H,2-9H2,1H3. The third-order valence-electron chi connectivity index (χ3n) is 4.38. The van der Waals surface area contributed by atoms with E-state index in [-0.39, 0.29) is 30.4 Å². The zero-order chi connectivity index (χ0) is 14.8. The predicted octanol–water partition coefficient (Wildman–Crippen LogP) is -0.129. The maximum atomic E-state index is 12.3. The molecule has 0 radical (unpaired) electrons. The summed E-state index contributed by atoms with van der Waals surface area (Å²) in [7, 11) is -6.44. The van der Waals surface area contributed by atoms with Crippen LogP contribution in [0.4, 0.5) is 0 Å². The molecule has 2 fully saturated rings. The van der Waals surface area contributed by atoms with Gasteiger partial charge in [-0.05, 0) is 51.6 Å². The van der Waals surface area contributed by atoms with Gasteiger partial charge in [0.05, 0.1) is 16.8 Å². The number of sulfone groups is 1. The van der Waals surface area contributed by atoms with Crippen molar-refractivity contribution in [3.05, 3.63) is 0 Å². The molecule has 118 valence electrons. The molecule has 0 amide bonds. The molecule has 0 aliphatic carbocycles. The molecule has 2 saturated heterocycles. The first-order valence-electron chi connectivity index (χ1n) is 7.22. The van der Waals surface area contributed by atoms with E-state index < -0.39 is 25.1 Å². The largest absolute Gasteiger partial charge is 0.317 e. The Balaban J connectivity index is 1.93. The second kappa shape index (κ2) is 6.29. The van der Waals surface area contributed by atoms with E-state index in [0.717, 1.165) is 25.9 Å². The van der Waals surface area contributed by atoms with Crippen LogP contribution in [0.1, 0.15) is 32.6 Å². The Bertz CT molecular complexity index is 510. The Kier molecular flexibility index (Phi) is 5.09. The molecule has 0 aromatic rings. The summed E-state index contributed by atoms with van der Waals surface area (Å²) in [5, 5.41) is 2.70. The molecule has 0 aromatic heterocycles. The van der Waals surface area contributed by atoms with E-state index in [4.69, 9.17) is 0 Å². The van der Waals surface area contributed by atoms with Crippen LogP contribution in [0, 0.1) is 5.92 Å². The van der Waals surface area contributed by atoms with Gasteiger partial charge in [0.25, 0.3) is 0 Å². The van der Waals surface area contributed by atoms with Crippen LogP contribution in [0.3, 0.4) is 0 Å². The highest BCUT2D eigenvalue weighted by Crippen LogP contribution is 2.22. The second-order valence-electron chi connectivity index (χ2n) is 5.89. The highest BCUT2D eigenvalue weighted by atomic mass is 32.2. The molecule has 1 unspecified atom stereocenters. The second-order valence-corrected chi connectivity index (χ2v) is 10.2. The molecule has 8 heteroatoms. The van der Waals surface area contributed by atoms with Crippen LogP contribution in [-0.4, -0.2) is 52.7 Å². The molecule has 2 N–H and O–H groups in total. The Morgan fingerprint density at radius 3 is 2.20 bits per heavy atom. The average Bonchev–Trinajstić information content (AvgIpc) is 2.38. The molecule has 1 atom stereocenters. The number of rotatable bonds is 4. The molecule has 2 aliphatic heterocycles. The van der Waals surface area contributed by atoms with E-state index >= 15 is 0 Å². The van der Waals surface area contributed by atoms with Crippen molar-refractivity contribution >= 4 is 19.9 Å². The number of piperidine rings is 1. The smallest absolute Gasteiger partial charge is 0.214 e. The molecule has 6 nitrogen and oxygen atoms in total. The first kappa shape index (κ1) is 16.2. The van der Waals surface area contributed by atoms with Crippen LogP contribution < -0.4 is 10.0 Å². The number of hydrogen-bond donors (Lipinski definition) is 2. The monoisotopic (exact) mass is 324 g/mol. The van der Waals surface area contributed by atoms with Crippen LogP contribution >= 0.6 is 0 Å². The highest BCUT2D eigenvalue weighted by Gasteiger charge is 2.34. The maximum absolute atomic E-state index is 12.3. The van der Waals surface area contributed by atoms with E-state index in [1.807, 2.05) is 6.92 Å². The van der Waals surface area contributed by atoms with Crippen molar-refractivity contribution < 1.29 is 16.8 Å². The zero-order valence-corrected chi connectivity index (χ0v) is 13.5. The lowest BCUT2D eigenvalue weighted by Gasteiger charge is -2.30. The Morgan fingerprint density at radius 1 is 1.10 bits per heavy atom. The molecule has 2 heterocycles. The van der Waals surface area contributed by atoms with Gasteiger partial charge in [0.2, 0.25) is 10.0 Å². The van der Waals surface area contributed by atoms with E-state index in [0.29, 0.717) is 5.92 Å². The Labute approximate surface area is 121 Å². The fourth-order valence-electron chi connectivity index (χ4n) is 2.97. The molecule has 20 heavy (non-hydrogen) atoms. The van der Waals surface area contributed by atoms with Crippen LogP contribution in [0.15, 0.2) is 0 Å². The first-order chi connectivity index (χ1) is 9.30. The van der Waals surface area contributed by atoms with E-state index in [1.54, 1.807) is 0 Å². The topological polar surface area (TPSA) is 92.3 Å². The normalized spacial score (nSPS) is 27.2. The van der Waals surface area contributed by atoms with Crippen molar-refractivity contribution in [2.75, 3.05) is 24.6 Å². The highest BCUT2D eigenvalue weighted by molar-refractivity contribution is 7.92. The van der Waals surface area contributed by atoms with Crippen LogP contribution in [-0.2, 0) is 19.9 Å². The Morgan fingerprint density at radius 2 is 1.65 bits per heavy atom. The first-order valence-corrected chi connectivity index (χ1v) is 10.6. The lowest BCUT2D eigenvalue weighted by Crippen LogP contribution is -2.47. The minimum absolute atomic E-state index is 0.0136. The average molecular weight is 324 g/mol. The number of sulfonamides is 1. The molecular weight excluding hydrogens is 300 g/mol. The van der Waals surface area contributed by atoms with Crippen LogP contribution in [0.25, 0.3) is 0 Å². The third-order valence-corrected chi connectivity index (χ3v) is 8.15. The zero-order valence-electron chi connectivity index (χ0n) is 11.8. The van der Waals surface area contributed by atoms with Crippen LogP contribution in [0.2, 0.25) is 0 Å². The minimum atomic E-state index is -3.42. The van der Waals surface area contributed by atoms with Crippen molar-refractivity contribution in [2.45, 2.75) is 43.9 Å². The van der Waals surface area contributed by atoms with Gasteiger partial charge in [-0.25, -0.2) is 21.6 Å². The molecule has 0 spiro atoms. The van der Waals surface area contributed by atoms with Gasteiger partial charge < -0.3 is 5.32 Å². The summed E-state index contributed by atoms with van der Waals surface area (Å²) in [5.74, 6) is 0.332. The van der Waals surface area contributed by atoms with Crippen molar-refractivity contribution in [3.63, 3.8) is 0 Å². The maximum Gasteiger partial charge on any atom is 0.214 e. The minimum Gasteiger partial charge on any atom is -0.317 e. The summed E-state index contributed by atoms with van der Waals surface area (Å²) in [6, 6.07) is -0.0827. The van der Waals surface area contributed by atoms with Crippen molar-refractivity contribution in [1.82, 2.24) is 10.0 Å².